The SMILES string of the molecule is CCC(C)C(=O)Nc1c(C)cc(C)c(N=c2ccc3c(-c4ccccc4S(=O)(=O)O)c4ccc(Nc5c(C)cc(C)c(NC(=O)CCC(C)C)c5C)cc4oc-3c2)c1C. The standard InChI is InChI=1S/C48H54N4O6S/c1-11-27(4)48(54)52-47-31(8)23-29(6)45(33(47)10)50-35-18-20-37-40(25-35)58-39-24-34(17-19-36(39)43(37)38-14-12-13-15-41(38)59(55,56)57)49-44-28(5)22-30(7)46(32(44)9)51-42(53)21-16-26(2)3/h12-15,17-20,22-27,49H,11,16,21H2,1-10H3,(H,51,53)(H,52,54)(H,55,56,57). The van der Waals surface area contributed by atoms with Crippen molar-refractivity contribution in [2.75, 3.05) is 16.0 Å². The van der Waals surface area contributed by atoms with Crippen LogP contribution in [0.1, 0.15) is 80.3 Å². The fourth-order valence-electron chi connectivity index (χ4n) is 7.65. The number of aryl methyl sites for hydroxylation is 4. The van der Waals surface area contributed by atoms with Gasteiger partial charge in [0.05, 0.1) is 11.0 Å². The third kappa shape index (κ3) is 9.11. The van der Waals surface area contributed by atoms with Crippen molar-refractivity contribution in [3.8, 4) is 22.5 Å². The van der Waals surface area contributed by atoms with Crippen LogP contribution in [0.5, 0.6) is 0 Å². The van der Waals surface area contributed by atoms with Crippen molar-refractivity contribution in [2.24, 2.45) is 16.8 Å². The minimum atomic E-state index is -4.61. The number of anilines is 4. The first-order chi connectivity index (χ1) is 27.9. The van der Waals surface area contributed by atoms with Crippen molar-refractivity contribution in [3.63, 3.8) is 0 Å². The topological polar surface area (TPSA) is 150 Å². The molecule has 2 amide bonds. The zero-order valence-corrected chi connectivity index (χ0v) is 36.4. The second kappa shape index (κ2) is 17.2. The molecule has 6 rings (SSSR count). The van der Waals surface area contributed by atoms with Crippen molar-refractivity contribution < 1.29 is 27.0 Å². The van der Waals surface area contributed by atoms with E-state index in [1.807, 2.05) is 104 Å². The molecule has 4 aromatic carbocycles. The summed E-state index contributed by atoms with van der Waals surface area (Å²) in [6, 6.07) is 21.5. The lowest BCUT2D eigenvalue weighted by molar-refractivity contribution is -0.119. The highest BCUT2D eigenvalue weighted by molar-refractivity contribution is 7.86. The summed E-state index contributed by atoms with van der Waals surface area (Å²) in [7, 11) is -4.61. The molecule has 0 saturated carbocycles. The maximum Gasteiger partial charge on any atom is 0.295 e. The summed E-state index contributed by atoms with van der Waals surface area (Å²) in [5, 5.41) is 11.0. The van der Waals surface area contributed by atoms with Crippen LogP contribution in [0, 0.1) is 53.4 Å². The molecule has 1 heterocycles. The lowest BCUT2D eigenvalue weighted by atomic mass is 9.93. The van der Waals surface area contributed by atoms with Crippen LogP contribution >= 0.6 is 0 Å². The first-order valence-corrected chi connectivity index (χ1v) is 21.5. The van der Waals surface area contributed by atoms with Crippen molar-refractivity contribution >= 4 is 61.3 Å². The molecule has 11 heteroatoms. The molecule has 1 unspecified atom stereocenters. The molecule has 2 aliphatic rings. The highest BCUT2D eigenvalue weighted by Gasteiger charge is 2.24. The summed E-state index contributed by atoms with van der Waals surface area (Å²) in [5.41, 5.74) is 11.3. The van der Waals surface area contributed by atoms with E-state index in [0.29, 0.717) is 56.8 Å². The van der Waals surface area contributed by atoms with E-state index in [1.54, 1.807) is 18.2 Å². The Labute approximate surface area is 347 Å². The summed E-state index contributed by atoms with van der Waals surface area (Å²) in [5.74, 6) is 0.645. The van der Waals surface area contributed by atoms with Crippen LogP contribution in [0.4, 0.5) is 28.4 Å². The number of carbonyl (C=O) groups is 2. The molecule has 4 N–H and O–H groups in total. The van der Waals surface area contributed by atoms with E-state index < -0.39 is 10.1 Å². The molecule has 1 aliphatic carbocycles. The Bertz CT molecular complexity index is 2770. The van der Waals surface area contributed by atoms with Crippen LogP contribution in [0.25, 0.3) is 33.4 Å². The Kier molecular flexibility index (Phi) is 12.5. The maximum atomic E-state index is 12.9. The van der Waals surface area contributed by atoms with Crippen LogP contribution < -0.4 is 21.3 Å². The third-order valence-electron chi connectivity index (χ3n) is 11.1. The van der Waals surface area contributed by atoms with E-state index in [0.717, 1.165) is 69.0 Å². The Morgan fingerprint density at radius 2 is 1.42 bits per heavy atom. The molecule has 1 aliphatic heterocycles. The van der Waals surface area contributed by atoms with Crippen LogP contribution in [-0.4, -0.2) is 24.8 Å². The molecule has 0 fully saturated rings. The fraction of sp³-hybridized carbons (Fsp3) is 0.312. The van der Waals surface area contributed by atoms with E-state index in [2.05, 4.69) is 29.8 Å². The number of carbonyl (C=O) groups excluding carboxylic acids is 2. The fourth-order valence-corrected chi connectivity index (χ4v) is 8.35. The van der Waals surface area contributed by atoms with Gasteiger partial charge in [-0.1, -0.05) is 58.0 Å². The molecule has 0 saturated heterocycles. The summed E-state index contributed by atoms with van der Waals surface area (Å²) in [6.45, 7) is 20.0. The van der Waals surface area contributed by atoms with E-state index in [9.17, 15) is 22.6 Å². The molecule has 4 aromatic rings. The smallest absolute Gasteiger partial charge is 0.295 e. The summed E-state index contributed by atoms with van der Waals surface area (Å²) < 4.78 is 42.5. The Balaban J connectivity index is 1.52. The van der Waals surface area contributed by atoms with Gasteiger partial charge in [-0.05, 0) is 124 Å². The van der Waals surface area contributed by atoms with Gasteiger partial charge < -0.3 is 20.4 Å². The number of nitrogens with zero attached hydrogens (tertiary/aromatic N) is 1. The minimum absolute atomic E-state index is 0.0265. The first-order valence-electron chi connectivity index (χ1n) is 20.1. The van der Waals surface area contributed by atoms with Gasteiger partial charge in [-0.15, -0.1) is 0 Å². The largest absolute Gasteiger partial charge is 0.456 e. The van der Waals surface area contributed by atoms with Crippen molar-refractivity contribution in [3.05, 3.63) is 112 Å². The molecule has 0 bridgehead atoms. The number of benzene rings is 5. The summed E-state index contributed by atoms with van der Waals surface area (Å²) >= 11 is 0. The molecule has 10 nitrogen and oxygen atoms in total. The molecule has 0 spiro atoms. The Morgan fingerprint density at radius 3 is 2.10 bits per heavy atom. The van der Waals surface area contributed by atoms with Gasteiger partial charge in [0.1, 0.15) is 16.2 Å². The normalized spacial score (nSPS) is 12.6. The number of hydrogen-bond donors (Lipinski definition) is 4. The van der Waals surface area contributed by atoms with Gasteiger partial charge in [-0.3, -0.25) is 14.1 Å². The van der Waals surface area contributed by atoms with Crippen LogP contribution in [-0.2, 0) is 19.7 Å². The summed E-state index contributed by atoms with van der Waals surface area (Å²) in [4.78, 5) is 30.7. The van der Waals surface area contributed by atoms with E-state index in [1.165, 1.54) is 6.07 Å². The molecule has 0 aromatic heterocycles. The Hall–Kier alpha value is -5.78. The van der Waals surface area contributed by atoms with Crippen LogP contribution in [0.15, 0.2) is 87.1 Å². The molecule has 1 atom stereocenters. The van der Waals surface area contributed by atoms with Gasteiger partial charge in [0, 0.05) is 69.3 Å². The van der Waals surface area contributed by atoms with Gasteiger partial charge in [-0.2, -0.15) is 8.42 Å². The van der Waals surface area contributed by atoms with Crippen LogP contribution in [0.3, 0.4) is 0 Å². The molecular weight excluding hydrogens is 761 g/mol. The zero-order chi connectivity index (χ0) is 42.9. The lowest BCUT2D eigenvalue weighted by Crippen LogP contribution is -2.21. The van der Waals surface area contributed by atoms with Crippen molar-refractivity contribution in [1.29, 1.82) is 0 Å². The van der Waals surface area contributed by atoms with E-state index >= 15 is 0 Å². The predicted octanol–water partition coefficient (Wildman–Crippen LogP) is 11.6. The highest BCUT2D eigenvalue weighted by Crippen LogP contribution is 2.44. The number of amides is 2. The monoisotopic (exact) mass is 814 g/mol. The Morgan fingerprint density at radius 1 is 0.763 bits per heavy atom. The number of hydrogen-bond acceptors (Lipinski definition) is 7. The summed E-state index contributed by atoms with van der Waals surface area (Å²) in [6.07, 6.45) is 1.96. The number of fused-ring (bicyclic) bond motifs is 2. The predicted molar refractivity (Wildman–Crippen MR) is 239 cm³/mol. The molecule has 59 heavy (non-hydrogen) atoms. The van der Waals surface area contributed by atoms with Crippen LogP contribution in [0.2, 0.25) is 0 Å². The third-order valence-corrected chi connectivity index (χ3v) is 12.0. The second-order valence-electron chi connectivity index (χ2n) is 16.1. The minimum Gasteiger partial charge on any atom is -0.456 e. The highest BCUT2D eigenvalue weighted by atomic mass is 32.2. The average molecular weight is 815 g/mol. The quantitative estimate of drug-likeness (QED) is 0.0709. The molecule has 0 radical (unpaired) electrons. The van der Waals surface area contributed by atoms with Gasteiger partial charge >= 0.3 is 0 Å². The average Bonchev–Trinajstić information content (AvgIpc) is 3.18. The van der Waals surface area contributed by atoms with E-state index in [4.69, 9.17) is 9.41 Å². The van der Waals surface area contributed by atoms with Gasteiger partial charge in [-0.25, -0.2) is 4.99 Å². The van der Waals surface area contributed by atoms with Gasteiger partial charge in [0.15, 0.2) is 0 Å². The number of rotatable bonds is 12. The lowest BCUT2D eigenvalue weighted by Gasteiger charge is -2.21. The van der Waals surface area contributed by atoms with Gasteiger partial charge in [0.25, 0.3) is 10.1 Å². The van der Waals surface area contributed by atoms with E-state index in [-0.39, 0.29) is 22.6 Å². The second-order valence-corrected chi connectivity index (χ2v) is 17.5. The first kappa shape index (κ1) is 42.8. The molecule has 308 valence electrons. The number of nitrogens with one attached hydrogen (secondary N) is 3. The van der Waals surface area contributed by atoms with Crippen molar-refractivity contribution in [1.82, 2.24) is 0 Å². The van der Waals surface area contributed by atoms with Crippen molar-refractivity contribution in [2.45, 2.75) is 93.4 Å². The maximum absolute atomic E-state index is 12.9. The molecular formula is C48H54N4O6S. The van der Waals surface area contributed by atoms with Gasteiger partial charge in [0.2, 0.25) is 11.8 Å². The zero-order valence-electron chi connectivity index (χ0n) is 35.5.